The normalized spacial score (nSPS) is 19.3. The van der Waals surface area contributed by atoms with Gasteiger partial charge >= 0.3 is 0 Å². The largest absolute Gasteiger partial charge is 0.347 e. The molecule has 1 saturated heterocycles. The van der Waals surface area contributed by atoms with Crippen LogP contribution in [-0.2, 0) is 0 Å². The monoisotopic (exact) mass is 263 g/mol. The first-order valence-corrected chi connectivity index (χ1v) is 7.00. The number of nitrogens with zero attached hydrogens (tertiary/aromatic N) is 3. The topological polar surface area (TPSA) is 57.0 Å². The van der Waals surface area contributed by atoms with E-state index < -0.39 is 0 Å². The Balaban J connectivity index is 2.20. The Morgan fingerprint density at radius 3 is 2.89 bits per heavy atom. The van der Waals surface area contributed by atoms with E-state index in [0.29, 0.717) is 5.69 Å². The smallest absolute Gasteiger partial charge is 0.186 e. The molecule has 18 heavy (non-hydrogen) atoms. The van der Waals surface area contributed by atoms with Crippen LogP contribution in [0.5, 0.6) is 0 Å². The van der Waals surface area contributed by atoms with E-state index in [1.807, 2.05) is 20.8 Å². The molecule has 4 nitrogen and oxygen atoms in total. The molecule has 1 aliphatic heterocycles. The van der Waals surface area contributed by atoms with Gasteiger partial charge in [-0.05, 0) is 13.3 Å². The molecule has 1 fully saturated rings. The van der Waals surface area contributed by atoms with Gasteiger partial charge in [0.25, 0.3) is 0 Å². The van der Waals surface area contributed by atoms with Crippen molar-refractivity contribution in [2.75, 3.05) is 18.0 Å². The highest BCUT2D eigenvalue weighted by molar-refractivity contribution is 7.15. The fraction of sp³-hybridized carbons (Fsp3) is 0.615. The molecule has 0 spiro atoms. The molecule has 1 atom stereocenters. The van der Waals surface area contributed by atoms with Gasteiger partial charge in [-0.1, -0.05) is 13.8 Å². The zero-order valence-electron chi connectivity index (χ0n) is 10.9. The Hall–Kier alpha value is -1.41. The van der Waals surface area contributed by atoms with Crippen molar-refractivity contribution in [3.63, 3.8) is 0 Å². The predicted molar refractivity (Wildman–Crippen MR) is 72.0 cm³/mol. The molecular weight excluding hydrogens is 246 g/mol. The summed E-state index contributed by atoms with van der Waals surface area (Å²) < 4.78 is 0. The Kier molecular flexibility index (Phi) is 3.67. The summed E-state index contributed by atoms with van der Waals surface area (Å²) in [4.78, 5) is 19.5. The van der Waals surface area contributed by atoms with E-state index in [2.05, 4.69) is 16.0 Å². The number of rotatable bonds is 3. The van der Waals surface area contributed by atoms with Gasteiger partial charge in [0.15, 0.2) is 10.9 Å². The first-order chi connectivity index (χ1) is 8.52. The lowest BCUT2D eigenvalue weighted by Gasteiger charge is -2.12. The average Bonchev–Trinajstić information content (AvgIpc) is 2.93. The highest BCUT2D eigenvalue weighted by Gasteiger charge is 2.26. The molecule has 0 amide bonds. The van der Waals surface area contributed by atoms with Crippen molar-refractivity contribution in [1.82, 2.24) is 4.98 Å². The first kappa shape index (κ1) is 13.0. The third kappa shape index (κ3) is 2.39. The maximum atomic E-state index is 12.0. The van der Waals surface area contributed by atoms with Crippen molar-refractivity contribution in [2.24, 2.45) is 11.8 Å². The van der Waals surface area contributed by atoms with Gasteiger partial charge in [-0.2, -0.15) is 5.26 Å². The Bertz CT molecular complexity index is 501. The number of aryl methyl sites for hydroxylation is 1. The fourth-order valence-electron chi connectivity index (χ4n) is 2.06. The number of ketones is 1. The van der Waals surface area contributed by atoms with E-state index in [9.17, 15) is 4.79 Å². The van der Waals surface area contributed by atoms with Crippen molar-refractivity contribution < 1.29 is 4.79 Å². The summed E-state index contributed by atoms with van der Waals surface area (Å²) in [7, 11) is 0. The van der Waals surface area contributed by atoms with Gasteiger partial charge in [-0.15, -0.1) is 11.3 Å². The van der Waals surface area contributed by atoms with Gasteiger partial charge in [-0.3, -0.25) is 4.79 Å². The lowest BCUT2D eigenvalue weighted by Crippen LogP contribution is -2.19. The van der Waals surface area contributed by atoms with E-state index in [1.54, 1.807) is 11.3 Å². The van der Waals surface area contributed by atoms with Crippen LogP contribution >= 0.6 is 11.3 Å². The number of nitriles is 1. The second-order valence-corrected chi connectivity index (χ2v) is 6.16. The summed E-state index contributed by atoms with van der Waals surface area (Å²) in [5, 5.41) is 9.79. The van der Waals surface area contributed by atoms with Gasteiger partial charge < -0.3 is 4.90 Å². The van der Waals surface area contributed by atoms with Gasteiger partial charge in [0.1, 0.15) is 5.69 Å². The third-order valence-corrected chi connectivity index (χ3v) is 4.22. The lowest BCUT2D eigenvalue weighted by molar-refractivity contribution is 0.0934. The molecule has 1 aliphatic rings. The summed E-state index contributed by atoms with van der Waals surface area (Å²) in [5.74, 6) is 0.175. The molecule has 0 aromatic carbocycles. The molecule has 1 aromatic heterocycles. The molecule has 0 radical (unpaired) electrons. The van der Waals surface area contributed by atoms with Crippen LogP contribution in [0.15, 0.2) is 0 Å². The minimum absolute atomic E-state index is 0.0240. The van der Waals surface area contributed by atoms with Crippen LogP contribution in [0.1, 0.15) is 35.6 Å². The van der Waals surface area contributed by atoms with Crippen molar-refractivity contribution >= 4 is 22.3 Å². The second kappa shape index (κ2) is 5.07. The predicted octanol–water partition coefficient (Wildman–Crippen LogP) is 2.64. The first-order valence-electron chi connectivity index (χ1n) is 6.19. The molecule has 2 rings (SSSR count). The standard InChI is InChI=1S/C13H17N3OS/c1-8(2)12(17)11-9(3)18-13(15-11)16-5-4-10(6-14)7-16/h8,10H,4-5,7H2,1-3H3. The van der Waals surface area contributed by atoms with E-state index in [0.717, 1.165) is 29.5 Å². The molecule has 0 bridgehead atoms. The molecular formula is C13H17N3OS. The van der Waals surface area contributed by atoms with Crippen molar-refractivity contribution in [3.05, 3.63) is 10.6 Å². The molecule has 0 saturated carbocycles. The zero-order chi connectivity index (χ0) is 13.3. The number of carbonyl (C=O) groups excluding carboxylic acids is 1. The Morgan fingerprint density at radius 2 is 2.33 bits per heavy atom. The van der Waals surface area contributed by atoms with Crippen LogP contribution in [0.25, 0.3) is 0 Å². The SMILES string of the molecule is Cc1sc(N2CCC(C#N)C2)nc1C(=O)C(C)C. The summed E-state index contributed by atoms with van der Waals surface area (Å²) in [5.41, 5.74) is 0.602. The van der Waals surface area contributed by atoms with Crippen molar-refractivity contribution in [1.29, 1.82) is 5.26 Å². The number of carbonyl (C=O) groups is 1. The molecule has 5 heteroatoms. The van der Waals surface area contributed by atoms with Gasteiger partial charge in [0.05, 0.1) is 12.0 Å². The van der Waals surface area contributed by atoms with Gasteiger partial charge in [0, 0.05) is 23.9 Å². The number of thiazole rings is 1. The second-order valence-electron chi connectivity index (χ2n) is 4.98. The van der Waals surface area contributed by atoms with Gasteiger partial charge in [-0.25, -0.2) is 4.98 Å². The van der Waals surface area contributed by atoms with Crippen LogP contribution in [0.2, 0.25) is 0 Å². The molecule has 96 valence electrons. The highest BCUT2D eigenvalue weighted by Crippen LogP contribution is 2.30. The maximum absolute atomic E-state index is 12.0. The minimum Gasteiger partial charge on any atom is -0.347 e. The number of hydrogen-bond donors (Lipinski definition) is 0. The molecule has 1 aromatic rings. The van der Waals surface area contributed by atoms with Gasteiger partial charge in [0.2, 0.25) is 0 Å². The average molecular weight is 263 g/mol. The quantitative estimate of drug-likeness (QED) is 0.787. The van der Waals surface area contributed by atoms with Crippen LogP contribution in [-0.4, -0.2) is 23.9 Å². The molecule has 0 aliphatic carbocycles. The maximum Gasteiger partial charge on any atom is 0.186 e. The fourth-order valence-corrected chi connectivity index (χ4v) is 3.01. The van der Waals surface area contributed by atoms with Crippen LogP contribution in [0.3, 0.4) is 0 Å². The highest BCUT2D eigenvalue weighted by atomic mass is 32.1. The van der Waals surface area contributed by atoms with Crippen LogP contribution < -0.4 is 4.90 Å². The van der Waals surface area contributed by atoms with E-state index >= 15 is 0 Å². The number of aromatic nitrogens is 1. The van der Waals surface area contributed by atoms with Crippen molar-refractivity contribution in [2.45, 2.75) is 27.2 Å². The number of anilines is 1. The molecule has 0 N–H and O–H groups in total. The van der Waals surface area contributed by atoms with Crippen LogP contribution in [0, 0.1) is 30.1 Å². The van der Waals surface area contributed by atoms with Crippen LogP contribution in [0.4, 0.5) is 5.13 Å². The number of Topliss-reactive ketones (excluding diaryl/α,β-unsaturated/α-hetero) is 1. The summed E-state index contributed by atoms with van der Waals surface area (Å²) in [6, 6.07) is 2.29. The van der Waals surface area contributed by atoms with Crippen molar-refractivity contribution in [3.8, 4) is 6.07 Å². The molecule has 2 heterocycles. The summed E-state index contributed by atoms with van der Waals surface area (Å²) in [6.45, 7) is 7.32. The third-order valence-electron chi connectivity index (χ3n) is 3.18. The van der Waals surface area contributed by atoms with E-state index in [-0.39, 0.29) is 17.6 Å². The van der Waals surface area contributed by atoms with E-state index in [4.69, 9.17) is 5.26 Å². The lowest BCUT2D eigenvalue weighted by atomic mass is 10.1. The summed E-state index contributed by atoms with van der Waals surface area (Å²) in [6.07, 6.45) is 0.891. The summed E-state index contributed by atoms with van der Waals surface area (Å²) >= 11 is 1.55. The minimum atomic E-state index is -0.0240. The number of hydrogen-bond acceptors (Lipinski definition) is 5. The zero-order valence-corrected chi connectivity index (χ0v) is 11.8. The molecule has 1 unspecified atom stereocenters. The Morgan fingerprint density at radius 1 is 1.61 bits per heavy atom. The van der Waals surface area contributed by atoms with E-state index in [1.165, 1.54) is 0 Å². The Labute approximate surface area is 111 Å².